The van der Waals surface area contributed by atoms with E-state index in [1.165, 1.54) is 18.4 Å². The van der Waals surface area contributed by atoms with Gasteiger partial charge in [-0.25, -0.2) is 0 Å². The first-order chi connectivity index (χ1) is 7.90. The minimum Gasteiger partial charge on any atom is -0.396 e. The number of hydrogen-bond donors (Lipinski definition) is 2. The maximum absolute atomic E-state index is 8.67. The zero-order valence-electron chi connectivity index (χ0n) is 9.73. The molecule has 0 bridgehead atoms. The molecule has 1 aliphatic carbocycles. The number of aliphatic hydroxyl groups excluding tert-OH is 1. The molecule has 88 valence electrons. The first-order valence-electron chi connectivity index (χ1n) is 6.29. The minimum absolute atomic E-state index is 0.318. The predicted octanol–water partition coefficient (Wildman–Crippen LogP) is 2.29. The van der Waals surface area contributed by atoms with Crippen molar-refractivity contribution in [2.45, 2.75) is 37.6 Å². The van der Waals surface area contributed by atoms with Crippen molar-refractivity contribution in [3.8, 4) is 0 Å². The van der Waals surface area contributed by atoms with Crippen molar-refractivity contribution in [2.75, 3.05) is 13.2 Å². The lowest BCUT2D eigenvalue weighted by Gasteiger charge is -2.36. The molecule has 0 unspecified atom stereocenters. The highest BCUT2D eigenvalue weighted by molar-refractivity contribution is 5.22. The van der Waals surface area contributed by atoms with E-state index >= 15 is 0 Å². The molecule has 0 amide bonds. The Morgan fingerprint density at radius 2 is 1.88 bits per heavy atom. The van der Waals surface area contributed by atoms with Gasteiger partial charge in [-0.05, 0) is 43.7 Å². The molecule has 2 heteroatoms. The number of aliphatic hydroxyl groups is 1. The zero-order valence-corrected chi connectivity index (χ0v) is 9.73. The molecule has 2 rings (SSSR count). The molecule has 1 fully saturated rings. The summed E-state index contributed by atoms with van der Waals surface area (Å²) in [6, 6.07) is 11.5. The van der Waals surface area contributed by atoms with E-state index in [2.05, 4.69) is 35.6 Å². The van der Waals surface area contributed by atoms with Crippen molar-refractivity contribution in [1.82, 2.24) is 5.32 Å². The summed E-state index contributed by atoms with van der Waals surface area (Å²) in [5.41, 5.74) is 1.48. The SMILES string of the molecule is OCCCCNC1CC(c2ccccc2)C1. The van der Waals surface area contributed by atoms with E-state index in [1.807, 2.05) is 0 Å². The summed E-state index contributed by atoms with van der Waals surface area (Å²) in [4.78, 5) is 0. The van der Waals surface area contributed by atoms with E-state index in [1.54, 1.807) is 0 Å². The van der Waals surface area contributed by atoms with Crippen LogP contribution in [-0.2, 0) is 0 Å². The van der Waals surface area contributed by atoms with Crippen LogP contribution in [0.2, 0.25) is 0 Å². The second-order valence-electron chi connectivity index (χ2n) is 4.66. The third-order valence-corrected chi connectivity index (χ3v) is 3.43. The molecule has 16 heavy (non-hydrogen) atoms. The van der Waals surface area contributed by atoms with Crippen LogP contribution in [0.3, 0.4) is 0 Å². The number of benzene rings is 1. The van der Waals surface area contributed by atoms with E-state index in [4.69, 9.17) is 5.11 Å². The molecule has 0 radical (unpaired) electrons. The molecule has 2 nitrogen and oxygen atoms in total. The Hall–Kier alpha value is -0.860. The molecule has 2 N–H and O–H groups in total. The summed E-state index contributed by atoms with van der Waals surface area (Å²) >= 11 is 0. The Balaban J connectivity index is 1.63. The molecule has 1 aliphatic rings. The molecule has 0 aromatic heterocycles. The van der Waals surface area contributed by atoms with Gasteiger partial charge in [-0.2, -0.15) is 0 Å². The largest absolute Gasteiger partial charge is 0.396 e. The molecule has 1 aromatic carbocycles. The van der Waals surface area contributed by atoms with E-state index in [9.17, 15) is 0 Å². The van der Waals surface area contributed by atoms with Gasteiger partial charge in [0.05, 0.1) is 0 Å². The smallest absolute Gasteiger partial charge is 0.0431 e. The average molecular weight is 219 g/mol. The van der Waals surface area contributed by atoms with Crippen molar-refractivity contribution in [1.29, 1.82) is 0 Å². The van der Waals surface area contributed by atoms with Gasteiger partial charge < -0.3 is 10.4 Å². The zero-order chi connectivity index (χ0) is 11.2. The summed E-state index contributed by atoms with van der Waals surface area (Å²) in [7, 11) is 0. The first-order valence-corrected chi connectivity index (χ1v) is 6.29. The van der Waals surface area contributed by atoms with Crippen molar-refractivity contribution in [3.63, 3.8) is 0 Å². The van der Waals surface area contributed by atoms with Crippen molar-refractivity contribution in [3.05, 3.63) is 35.9 Å². The molecular weight excluding hydrogens is 198 g/mol. The maximum atomic E-state index is 8.67. The fourth-order valence-corrected chi connectivity index (χ4v) is 2.32. The van der Waals surface area contributed by atoms with Crippen LogP contribution < -0.4 is 5.32 Å². The highest BCUT2D eigenvalue weighted by atomic mass is 16.2. The van der Waals surface area contributed by atoms with Gasteiger partial charge in [-0.1, -0.05) is 30.3 Å². The standard InChI is InChI=1S/C14H21NO/c16-9-5-4-8-15-14-10-13(11-14)12-6-2-1-3-7-12/h1-3,6-7,13-16H,4-5,8-11H2. The van der Waals surface area contributed by atoms with Crippen LogP contribution in [0.5, 0.6) is 0 Å². The minimum atomic E-state index is 0.318. The Kier molecular flexibility index (Phi) is 4.37. The van der Waals surface area contributed by atoms with Crippen LogP contribution in [-0.4, -0.2) is 24.3 Å². The molecule has 0 heterocycles. The van der Waals surface area contributed by atoms with Crippen LogP contribution in [0.25, 0.3) is 0 Å². The number of rotatable bonds is 6. The Labute approximate surface area is 97.7 Å². The Morgan fingerprint density at radius 3 is 2.56 bits per heavy atom. The maximum Gasteiger partial charge on any atom is 0.0431 e. The number of hydrogen-bond acceptors (Lipinski definition) is 2. The highest BCUT2D eigenvalue weighted by Crippen LogP contribution is 2.36. The second-order valence-corrected chi connectivity index (χ2v) is 4.66. The van der Waals surface area contributed by atoms with E-state index in [-0.39, 0.29) is 0 Å². The fraction of sp³-hybridized carbons (Fsp3) is 0.571. The van der Waals surface area contributed by atoms with Crippen molar-refractivity contribution >= 4 is 0 Å². The lowest BCUT2D eigenvalue weighted by atomic mass is 9.76. The van der Waals surface area contributed by atoms with Crippen molar-refractivity contribution in [2.24, 2.45) is 0 Å². The summed E-state index contributed by atoms with van der Waals surface area (Å²) in [6.45, 7) is 1.37. The Morgan fingerprint density at radius 1 is 1.12 bits per heavy atom. The predicted molar refractivity (Wildman–Crippen MR) is 66.5 cm³/mol. The van der Waals surface area contributed by atoms with Gasteiger partial charge in [0, 0.05) is 12.6 Å². The van der Waals surface area contributed by atoms with E-state index in [0.717, 1.165) is 25.3 Å². The van der Waals surface area contributed by atoms with Gasteiger partial charge in [0.2, 0.25) is 0 Å². The van der Waals surface area contributed by atoms with Crippen LogP contribution in [0, 0.1) is 0 Å². The quantitative estimate of drug-likeness (QED) is 0.720. The second kappa shape index (κ2) is 6.02. The van der Waals surface area contributed by atoms with Gasteiger partial charge in [0.1, 0.15) is 0 Å². The lowest BCUT2D eigenvalue weighted by molar-refractivity contribution is 0.267. The van der Waals surface area contributed by atoms with Crippen LogP contribution in [0.15, 0.2) is 30.3 Å². The molecule has 1 aromatic rings. The average Bonchev–Trinajstić information content (AvgIpc) is 2.28. The fourth-order valence-electron chi connectivity index (χ4n) is 2.32. The van der Waals surface area contributed by atoms with Gasteiger partial charge in [0.25, 0.3) is 0 Å². The molecule has 0 atom stereocenters. The van der Waals surface area contributed by atoms with Gasteiger partial charge in [0.15, 0.2) is 0 Å². The normalized spacial score (nSPS) is 24.1. The highest BCUT2D eigenvalue weighted by Gasteiger charge is 2.29. The molecule has 0 spiro atoms. The van der Waals surface area contributed by atoms with Crippen LogP contribution >= 0.6 is 0 Å². The van der Waals surface area contributed by atoms with Gasteiger partial charge in [-0.15, -0.1) is 0 Å². The Bertz CT molecular complexity index is 293. The third kappa shape index (κ3) is 3.06. The summed E-state index contributed by atoms with van der Waals surface area (Å²) in [5, 5.41) is 12.2. The third-order valence-electron chi connectivity index (χ3n) is 3.43. The summed E-state index contributed by atoms with van der Waals surface area (Å²) in [5.74, 6) is 0.761. The first kappa shape index (κ1) is 11.6. The summed E-state index contributed by atoms with van der Waals surface area (Å²) in [6.07, 6.45) is 4.54. The van der Waals surface area contributed by atoms with Gasteiger partial charge >= 0.3 is 0 Å². The van der Waals surface area contributed by atoms with E-state index in [0.29, 0.717) is 12.6 Å². The monoisotopic (exact) mass is 219 g/mol. The molecule has 1 saturated carbocycles. The summed E-state index contributed by atoms with van der Waals surface area (Å²) < 4.78 is 0. The number of unbranched alkanes of at least 4 members (excludes halogenated alkanes) is 1. The van der Waals surface area contributed by atoms with Crippen LogP contribution in [0.4, 0.5) is 0 Å². The molecular formula is C14H21NO. The molecule has 0 saturated heterocycles. The topological polar surface area (TPSA) is 32.3 Å². The number of nitrogens with one attached hydrogen (secondary N) is 1. The molecule has 0 aliphatic heterocycles. The van der Waals surface area contributed by atoms with E-state index < -0.39 is 0 Å². The lowest BCUT2D eigenvalue weighted by Crippen LogP contribution is -2.40. The van der Waals surface area contributed by atoms with Crippen molar-refractivity contribution < 1.29 is 5.11 Å². The van der Waals surface area contributed by atoms with Gasteiger partial charge in [-0.3, -0.25) is 0 Å². The van der Waals surface area contributed by atoms with Crippen LogP contribution in [0.1, 0.15) is 37.2 Å².